The maximum atomic E-state index is 13.0. The van der Waals surface area contributed by atoms with Crippen molar-refractivity contribution in [3.63, 3.8) is 0 Å². The van der Waals surface area contributed by atoms with Gasteiger partial charge in [-0.2, -0.15) is 0 Å². The average Bonchev–Trinajstić information content (AvgIpc) is 3.74. The lowest BCUT2D eigenvalue weighted by Crippen LogP contribution is -2.28. The molecule has 0 saturated heterocycles. The number of aryl methyl sites for hydroxylation is 1. The number of aromatic nitrogens is 2. The molecule has 0 aliphatic heterocycles. The summed E-state index contributed by atoms with van der Waals surface area (Å²) in [5.74, 6) is 0.313. The van der Waals surface area contributed by atoms with E-state index in [-0.39, 0.29) is 23.8 Å². The van der Waals surface area contributed by atoms with Crippen molar-refractivity contribution in [1.82, 2.24) is 14.5 Å². The van der Waals surface area contributed by atoms with Crippen LogP contribution in [0.3, 0.4) is 0 Å². The molecule has 0 aromatic carbocycles. The largest absolute Gasteiger partial charge is 0.465 e. The molecular formula is C50H95N3O4. The molecule has 0 saturated carbocycles. The van der Waals surface area contributed by atoms with E-state index in [4.69, 9.17) is 9.47 Å². The van der Waals surface area contributed by atoms with Crippen LogP contribution in [0.1, 0.15) is 240 Å². The van der Waals surface area contributed by atoms with Crippen molar-refractivity contribution >= 4 is 11.9 Å². The fourth-order valence-electron chi connectivity index (χ4n) is 8.13. The summed E-state index contributed by atoms with van der Waals surface area (Å²) < 4.78 is 13.9. The van der Waals surface area contributed by atoms with Gasteiger partial charge < -0.3 is 18.9 Å². The number of esters is 2. The van der Waals surface area contributed by atoms with E-state index in [9.17, 15) is 9.59 Å². The summed E-state index contributed by atoms with van der Waals surface area (Å²) in [4.78, 5) is 32.9. The second-order valence-corrected chi connectivity index (χ2v) is 17.4. The third-order valence-corrected chi connectivity index (χ3v) is 12.0. The highest BCUT2D eigenvalue weighted by Crippen LogP contribution is 2.22. The second kappa shape index (κ2) is 40.9. The Morgan fingerprint density at radius 3 is 1.23 bits per heavy atom. The second-order valence-electron chi connectivity index (χ2n) is 17.4. The number of unbranched alkanes of at least 4 members (excludes halogenated alkanes) is 22. The SMILES string of the molecule is CCCCCCCCC(CCCCCC)C(=O)OCCCCCCN(CCCCCCOC(=O)C(CCCCCC)CCCCCCCC)CCCn1ccnc1. The molecular weight excluding hydrogens is 707 g/mol. The van der Waals surface area contributed by atoms with Gasteiger partial charge in [0.05, 0.1) is 31.4 Å². The zero-order valence-electron chi connectivity index (χ0n) is 38.4. The van der Waals surface area contributed by atoms with Gasteiger partial charge in [0, 0.05) is 18.9 Å². The minimum absolute atomic E-state index is 0.0628. The Balaban J connectivity index is 2.38. The van der Waals surface area contributed by atoms with Gasteiger partial charge in [-0.25, -0.2) is 4.98 Å². The quantitative estimate of drug-likeness (QED) is 0.0483. The van der Waals surface area contributed by atoms with Crippen LogP contribution in [0.4, 0.5) is 0 Å². The van der Waals surface area contributed by atoms with Gasteiger partial charge in [0.25, 0.3) is 0 Å². The Morgan fingerprint density at radius 1 is 0.474 bits per heavy atom. The Morgan fingerprint density at radius 2 is 0.825 bits per heavy atom. The molecule has 1 aromatic heterocycles. The minimum atomic E-state index is 0.0628. The highest BCUT2D eigenvalue weighted by atomic mass is 16.5. The van der Waals surface area contributed by atoms with Crippen LogP contribution in [0.15, 0.2) is 18.7 Å². The molecule has 0 bridgehead atoms. The van der Waals surface area contributed by atoms with Gasteiger partial charge in [-0.3, -0.25) is 9.59 Å². The molecule has 0 aliphatic rings. The first-order chi connectivity index (χ1) is 28.0. The average molecular weight is 802 g/mol. The summed E-state index contributed by atoms with van der Waals surface area (Å²) in [7, 11) is 0. The monoisotopic (exact) mass is 802 g/mol. The van der Waals surface area contributed by atoms with Gasteiger partial charge in [-0.15, -0.1) is 0 Å². The lowest BCUT2D eigenvalue weighted by molar-refractivity contribution is -0.150. The first kappa shape index (κ1) is 53.1. The van der Waals surface area contributed by atoms with Crippen LogP contribution in [0.2, 0.25) is 0 Å². The van der Waals surface area contributed by atoms with Crippen LogP contribution in [0, 0.1) is 11.8 Å². The van der Waals surface area contributed by atoms with Crippen LogP contribution in [0.25, 0.3) is 0 Å². The number of imidazole rings is 1. The molecule has 0 fully saturated rings. The van der Waals surface area contributed by atoms with E-state index in [1.54, 1.807) is 0 Å². The van der Waals surface area contributed by atoms with Crippen molar-refractivity contribution in [3.05, 3.63) is 18.7 Å². The van der Waals surface area contributed by atoms with Crippen LogP contribution in [0.5, 0.6) is 0 Å². The lowest BCUT2D eigenvalue weighted by Gasteiger charge is -2.22. The van der Waals surface area contributed by atoms with Crippen LogP contribution < -0.4 is 0 Å². The first-order valence-corrected chi connectivity index (χ1v) is 25.1. The van der Waals surface area contributed by atoms with E-state index < -0.39 is 0 Å². The third-order valence-electron chi connectivity index (χ3n) is 12.0. The lowest BCUT2D eigenvalue weighted by atomic mass is 9.94. The number of hydrogen-bond acceptors (Lipinski definition) is 6. The van der Waals surface area contributed by atoms with Crippen molar-refractivity contribution in [2.75, 3.05) is 32.8 Å². The van der Waals surface area contributed by atoms with E-state index in [1.165, 1.54) is 128 Å². The summed E-state index contributed by atoms with van der Waals surface area (Å²) in [6.45, 7) is 14.5. The van der Waals surface area contributed by atoms with E-state index in [1.807, 2.05) is 12.5 Å². The first-order valence-electron chi connectivity index (χ1n) is 25.1. The molecule has 7 heteroatoms. The van der Waals surface area contributed by atoms with Gasteiger partial charge >= 0.3 is 11.9 Å². The number of nitrogens with zero attached hydrogens (tertiary/aromatic N) is 3. The van der Waals surface area contributed by atoms with Crippen molar-refractivity contribution in [3.8, 4) is 0 Å². The number of ether oxygens (including phenoxy) is 2. The van der Waals surface area contributed by atoms with Crippen molar-refractivity contribution in [2.24, 2.45) is 11.8 Å². The Bertz CT molecular complexity index is 928. The zero-order valence-corrected chi connectivity index (χ0v) is 38.4. The molecule has 7 nitrogen and oxygen atoms in total. The van der Waals surface area contributed by atoms with E-state index in [2.05, 4.69) is 48.3 Å². The molecule has 2 atom stereocenters. The summed E-state index contributed by atoms with van der Waals surface area (Å²) >= 11 is 0. The number of rotatable bonds is 44. The van der Waals surface area contributed by atoms with Crippen LogP contribution in [-0.2, 0) is 25.6 Å². The Labute approximate surface area is 354 Å². The summed E-state index contributed by atoms with van der Waals surface area (Å²) in [5.41, 5.74) is 0. The molecule has 1 heterocycles. The van der Waals surface area contributed by atoms with E-state index in [0.29, 0.717) is 13.2 Å². The zero-order chi connectivity index (χ0) is 41.3. The molecule has 0 N–H and O–H groups in total. The number of hydrogen-bond donors (Lipinski definition) is 0. The topological polar surface area (TPSA) is 73.7 Å². The fourth-order valence-corrected chi connectivity index (χ4v) is 8.13. The molecule has 0 spiro atoms. The van der Waals surface area contributed by atoms with E-state index >= 15 is 0 Å². The third kappa shape index (κ3) is 32.6. The van der Waals surface area contributed by atoms with Crippen LogP contribution >= 0.6 is 0 Å². The van der Waals surface area contributed by atoms with Crippen LogP contribution in [-0.4, -0.2) is 59.2 Å². The molecule has 57 heavy (non-hydrogen) atoms. The van der Waals surface area contributed by atoms with Gasteiger partial charge in [0.1, 0.15) is 0 Å². The smallest absolute Gasteiger partial charge is 0.308 e. The van der Waals surface area contributed by atoms with Gasteiger partial charge in [0.15, 0.2) is 0 Å². The summed E-state index contributed by atoms with van der Waals surface area (Å²) in [6.07, 6.45) is 44.8. The van der Waals surface area contributed by atoms with Gasteiger partial charge in [-0.1, -0.05) is 182 Å². The maximum Gasteiger partial charge on any atom is 0.308 e. The normalized spacial score (nSPS) is 12.6. The highest BCUT2D eigenvalue weighted by Gasteiger charge is 2.20. The molecule has 1 aromatic rings. The predicted octanol–water partition coefficient (Wildman–Crippen LogP) is 14.5. The predicted molar refractivity (Wildman–Crippen MR) is 243 cm³/mol. The number of carbonyl (C=O) groups is 2. The van der Waals surface area contributed by atoms with Crippen molar-refractivity contribution in [1.29, 1.82) is 0 Å². The molecule has 334 valence electrons. The maximum absolute atomic E-state index is 13.0. The molecule has 0 amide bonds. The number of carbonyl (C=O) groups excluding carboxylic acids is 2. The van der Waals surface area contributed by atoms with Crippen molar-refractivity contribution < 1.29 is 19.1 Å². The van der Waals surface area contributed by atoms with E-state index in [0.717, 1.165) is 110 Å². The molecule has 2 unspecified atom stereocenters. The Kier molecular flexibility index (Phi) is 38.1. The Hall–Kier alpha value is -1.89. The summed E-state index contributed by atoms with van der Waals surface area (Å²) in [5, 5.41) is 0. The van der Waals surface area contributed by atoms with Gasteiger partial charge in [0.2, 0.25) is 0 Å². The highest BCUT2D eigenvalue weighted by molar-refractivity contribution is 5.72. The molecule has 1 rings (SSSR count). The molecule has 0 radical (unpaired) electrons. The standard InChI is InChI=1S/C50H95N3O4/c1-5-9-13-17-19-27-36-47(34-25-15-11-7-3)49(54)56-44-31-23-21-29-39-52(41-33-42-53-43-38-51-46-53)40-30-22-24-32-45-57-50(55)48(35-26-16-12-8-4)37-28-20-18-14-10-6-2/h38,43,46-48H,5-37,39-42,44-45H2,1-4H3. The van der Waals surface area contributed by atoms with Crippen molar-refractivity contribution in [2.45, 2.75) is 246 Å². The minimum Gasteiger partial charge on any atom is -0.465 e. The van der Waals surface area contributed by atoms with Gasteiger partial charge in [-0.05, 0) is 77.4 Å². The fraction of sp³-hybridized carbons (Fsp3) is 0.900. The molecule has 0 aliphatic carbocycles. The summed E-state index contributed by atoms with van der Waals surface area (Å²) in [6, 6.07) is 0.